The van der Waals surface area contributed by atoms with E-state index in [0.717, 1.165) is 38.3 Å². The van der Waals surface area contributed by atoms with Crippen LogP contribution >= 0.6 is 0 Å². The molecule has 10 heteroatoms. The number of nitrogens with zero attached hydrogens (tertiary/aromatic N) is 3. The normalized spacial score (nSPS) is 23.8. The van der Waals surface area contributed by atoms with Crippen molar-refractivity contribution in [2.75, 3.05) is 11.9 Å². The van der Waals surface area contributed by atoms with Crippen LogP contribution < -0.4 is 21.4 Å². The van der Waals surface area contributed by atoms with E-state index >= 15 is 0 Å². The number of aliphatic hydroxyl groups is 1. The summed E-state index contributed by atoms with van der Waals surface area (Å²) in [6.45, 7) is 16.6. The third kappa shape index (κ3) is 7.77. The van der Waals surface area contributed by atoms with E-state index in [9.17, 15) is 10.6 Å². The van der Waals surface area contributed by atoms with Gasteiger partial charge in [0.25, 0.3) is 8.32 Å². The second-order valence-electron chi connectivity index (χ2n) is 16.7. The molecule has 0 heterocycles. The SMILES string of the molecule is C=C(C)c1cccc(N[C@H]2[C@H](N=[N+]=[N-])[C@@](N)([C@H](C)O)[C@@](C)(OCc3ccccc3)[C@]2(COCc2ccccc2)O[Si](c2ccccc2)(c2ccccc2)C(C)(C)C)c1. The molecule has 1 aliphatic carbocycles. The zero-order valence-corrected chi connectivity index (χ0v) is 35.5. The van der Waals surface area contributed by atoms with Crippen LogP contribution in [0.3, 0.4) is 0 Å². The maximum atomic E-state index is 12.2. The minimum absolute atomic E-state index is 0.0569. The van der Waals surface area contributed by atoms with Gasteiger partial charge >= 0.3 is 0 Å². The average molecular weight is 796 g/mol. The van der Waals surface area contributed by atoms with Crippen LogP contribution in [0.4, 0.5) is 5.69 Å². The van der Waals surface area contributed by atoms with Crippen LogP contribution in [0, 0.1) is 0 Å². The number of nitrogens with one attached hydrogen (secondary N) is 1. The van der Waals surface area contributed by atoms with E-state index in [-0.39, 0.29) is 19.8 Å². The minimum Gasteiger partial charge on any atom is -0.394 e. The molecular formula is C48H57N5O4Si. The molecule has 6 atom stereocenters. The lowest BCUT2D eigenvalue weighted by molar-refractivity contribution is -0.213. The van der Waals surface area contributed by atoms with Gasteiger partial charge in [-0.1, -0.05) is 171 Å². The third-order valence-corrected chi connectivity index (χ3v) is 17.1. The van der Waals surface area contributed by atoms with E-state index < -0.39 is 48.3 Å². The average Bonchev–Trinajstić information content (AvgIpc) is 3.37. The molecule has 0 aliphatic heterocycles. The molecule has 0 radical (unpaired) electrons. The number of nitrogens with two attached hydrogens (primary N) is 1. The molecule has 0 aromatic heterocycles. The fraction of sp³-hybridized carbons (Fsp3) is 0.333. The highest BCUT2D eigenvalue weighted by Crippen LogP contribution is 2.57. The number of azide groups is 1. The molecule has 5 aromatic rings. The van der Waals surface area contributed by atoms with Crippen molar-refractivity contribution >= 4 is 30.0 Å². The van der Waals surface area contributed by atoms with Crippen molar-refractivity contribution in [2.45, 2.75) is 94.7 Å². The summed E-state index contributed by atoms with van der Waals surface area (Å²) in [7, 11) is -3.54. The largest absolute Gasteiger partial charge is 0.394 e. The second-order valence-corrected chi connectivity index (χ2v) is 20.9. The van der Waals surface area contributed by atoms with Crippen LogP contribution in [0.5, 0.6) is 0 Å². The van der Waals surface area contributed by atoms with E-state index in [0.29, 0.717) is 0 Å². The highest BCUT2D eigenvalue weighted by atomic mass is 28.4. The summed E-state index contributed by atoms with van der Waals surface area (Å²) in [6.07, 6.45) is -1.26. The van der Waals surface area contributed by atoms with Gasteiger partial charge in [-0.15, -0.1) is 0 Å². The number of rotatable bonds is 16. The Bertz CT molecular complexity index is 2140. The summed E-state index contributed by atoms with van der Waals surface area (Å²) in [6, 6.07) is 46.4. The maximum absolute atomic E-state index is 12.2. The summed E-state index contributed by atoms with van der Waals surface area (Å²) in [5.41, 5.74) is 17.7. The van der Waals surface area contributed by atoms with Crippen LogP contribution in [-0.4, -0.2) is 55.0 Å². The first-order chi connectivity index (χ1) is 27.7. The Balaban J connectivity index is 1.72. The Kier molecular flexibility index (Phi) is 12.8. The van der Waals surface area contributed by atoms with Crippen LogP contribution in [-0.2, 0) is 27.1 Å². The summed E-state index contributed by atoms with van der Waals surface area (Å²) < 4.78 is 22.6. The number of hydrogen-bond acceptors (Lipinski definition) is 7. The summed E-state index contributed by atoms with van der Waals surface area (Å²) in [5, 5.41) is 22.0. The molecule has 1 saturated carbocycles. The molecule has 4 N–H and O–H groups in total. The Morgan fingerprint density at radius 2 is 1.38 bits per heavy atom. The molecule has 302 valence electrons. The number of allylic oxidation sites excluding steroid dienone is 1. The van der Waals surface area contributed by atoms with Crippen molar-refractivity contribution in [3.63, 3.8) is 0 Å². The molecule has 5 aromatic carbocycles. The lowest BCUT2D eigenvalue weighted by Gasteiger charge is -2.57. The Morgan fingerprint density at radius 1 is 0.862 bits per heavy atom. The summed E-state index contributed by atoms with van der Waals surface area (Å²) in [5.74, 6) is 0. The molecule has 6 rings (SSSR count). The highest BCUT2D eigenvalue weighted by Gasteiger charge is 2.78. The maximum Gasteiger partial charge on any atom is 0.262 e. The monoisotopic (exact) mass is 795 g/mol. The fourth-order valence-corrected chi connectivity index (χ4v) is 13.7. The van der Waals surface area contributed by atoms with Gasteiger partial charge in [-0.05, 0) is 70.5 Å². The van der Waals surface area contributed by atoms with Gasteiger partial charge in [0.1, 0.15) is 11.2 Å². The fourth-order valence-electron chi connectivity index (χ4n) is 8.87. The first-order valence-corrected chi connectivity index (χ1v) is 21.8. The zero-order chi connectivity index (χ0) is 41.6. The van der Waals surface area contributed by atoms with E-state index in [1.54, 1.807) is 6.92 Å². The number of aliphatic hydroxyl groups excluding tert-OH is 1. The van der Waals surface area contributed by atoms with Crippen molar-refractivity contribution in [1.82, 2.24) is 0 Å². The first-order valence-electron chi connectivity index (χ1n) is 19.9. The number of hydrogen-bond donors (Lipinski definition) is 3. The lowest BCUT2D eigenvalue weighted by atomic mass is 9.73. The molecule has 0 bridgehead atoms. The van der Waals surface area contributed by atoms with Crippen molar-refractivity contribution in [3.05, 3.63) is 179 Å². The van der Waals surface area contributed by atoms with Gasteiger partial charge < -0.3 is 30.1 Å². The predicted octanol–water partition coefficient (Wildman–Crippen LogP) is 8.78. The molecular weight excluding hydrogens is 739 g/mol. The number of anilines is 1. The molecule has 0 amide bonds. The van der Waals surface area contributed by atoms with Crippen molar-refractivity contribution in [1.29, 1.82) is 0 Å². The van der Waals surface area contributed by atoms with E-state index in [1.807, 2.05) is 135 Å². The smallest absolute Gasteiger partial charge is 0.262 e. The highest BCUT2D eigenvalue weighted by molar-refractivity contribution is 6.99. The van der Waals surface area contributed by atoms with Crippen LogP contribution in [0.1, 0.15) is 58.2 Å². The second kappa shape index (κ2) is 17.4. The minimum atomic E-state index is -3.54. The molecule has 1 fully saturated rings. The van der Waals surface area contributed by atoms with Crippen molar-refractivity contribution in [3.8, 4) is 0 Å². The van der Waals surface area contributed by atoms with E-state index in [4.69, 9.17) is 19.6 Å². The molecule has 58 heavy (non-hydrogen) atoms. The summed E-state index contributed by atoms with van der Waals surface area (Å²) >= 11 is 0. The van der Waals surface area contributed by atoms with Gasteiger partial charge in [0.2, 0.25) is 0 Å². The third-order valence-electron chi connectivity index (χ3n) is 12.0. The Morgan fingerprint density at radius 3 is 1.86 bits per heavy atom. The zero-order valence-electron chi connectivity index (χ0n) is 34.5. The number of ether oxygens (including phenoxy) is 2. The van der Waals surface area contributed by atoms with Gasteiger partial charge in [0.15, 0.2) is 0 Å². The van der Waals surface area contributed by atoms with Gasteiger partial charge in [0, 0.05) is 10.6 Å². The topological polar surface area (TPSA) is 135 Å². The Labute approximate surface area is 344 Å². The number of benzene rings is 5. The van der Waals surface area contributed by atoms with Crippen LogP contribution in [0.15, 0.2) is 157 Å². The van der Waals surface area contributed by atoms with Gasteiger partial charge in [-0.25, -0.2) is 0 Å². The van der Waals surface area contributed by atoms with E-state index in [2.05, 4.69) is 67.0 Å². The quantitative estimate of drug-likeness (QED) is 0.0396. The molecule has 0 saturated heterocycles. The Hall–Kier alpha value is -5.03. The standard InChI is InChI=1S/C48H57N5O4Si/c1-35(2)39-25-20-26-40(31-39)51-43-44(52-53-50)48(49,36(3)54)46(7,56-33-38-23-14-9-15-24-38)47(43,34-55-32-37-21-12-8-13-22-37)57-58(45(4,5)6,41-27-16-10-17-28-41)42-29-18-11-19-30-42/h8-31,36,43-44,51,54H,1,32-34,49H2,2-7H3/t36-,43-,44-,46-,47+,48-/m0/s1. The van der Waals surface area contributed by atoms with Crippen LogP contribution in [0.2, 0.25) is 5.04 Å². The van der Waals surface area contributed by atoms with Gasteiger partial charge in [-0.2, -0.15) is 0 Å². The predicted molar refractivity (Wildman–Crippen MR) is 237 cm³/mol. The lowest BCUT2D eigenvalue weighted by Crippen LogP contribution is -2.79. The van der Waals surface area contributed by atoms with E-state index in [1.165, 1.54) is 0 Å². The molecule has 1 aliphatic rings. The molecule has 9 nitrogen and oxygen atoms in total. The summed E-state index contributed by atoms with van der Waals surface area (Å²) in [4.78, 5) is 3.41. The first kappa shape index (κ1) is 42.6. The van der Waals surface area contributed by atoms with Crippen molar-refractivity contribution in [2.24, 2.45) is 10.8 Å². The molecule has 0 spiro atoms. The van der Waals surface area contributed by atoms with Crippen LogP contribution in [0.25, 0.3) is 16.0 Å². The van der Waals surface area contributed by atoms with Gasteiger partial charge in [0.05, 0.1) is 43.5 Å². The molecule has 0 unspecified atom stereocenters. The van der Waals surface area contributed by atoms with Crippen molar-refractivity contribution < 1.29 is 19.0 Å². The van der Waals surface area contributed by atoms with Gasteiger partial charge in [-0.3, -0.25) is 0 Å².